The number of nitrogens with one attached hydrogen (secondary N) is 1. The van der Waals surface area contributed by atoms with Crippen molar-refractivity contribution in [2.45, 2.75) is 11.8 Å². The van der Waals surface area contributed by atoms with Crippen LogP contribution >= 0.6 is 50.9 Å². The monoisotopic (exact) mass is 578 g/mol. The van der Waals surface area contributed by atoms with E-state index < -0.39 is 5.97 Å². The fraction of sp³-hybridized carbons (Fsp3) is 0.0833. The zero-order chi connectivity index (χ0) is 24.2. The molecular weight excluding hydrogens is 563 g/mol. The van der Waals surface area contributed by atoms with E-state index in [4.69, 9.17) is 32.7 Å². The maximum absolute atomic E-state index is 11.9. The number of halogens is 3. The molecular formula is C24H17BrCl2N2O4S. The Labute approximate surface area is 218 Å². The molecule has 0 spiro atoms. The number of para-hydroxylation sites is 2. The summed E-state index contributed by atoms with van der Waals surface area (Å²) in [5, 5.41) is 11.3. The van der Waals surface area contributed by atoms with E-state index in [1.54, 1.807) is 36.4 Å². The number of imidazole rings is 1. The standard InChI is InChI=1S/C24H17BrCl2N2O4S/c1-32-20-9-13(8-16(25)22(20)33-12-14-6-7-15(26)11-17(14)27)10-21(23(30)31)34-24-28-18-4-2-3-5-19(18)29-24/h2-11H,12H2,1H3,(H,28,29)(H,30,31)/b21-10-. The largest absolute Gasteiger partial charge is 0.493 e. The Morgan fingerprint density at radius 3 is 2.71 bits per heavy atom. The zero-order valence-electron chi connectivity index (χ0n) is 17.6. The first-order valence-electron chi connectivity index (χ1n) is 9.86. The van der Waals surface area contributed by atoms with Crippen LogP contribution in [0.4, 0.5) is 0 Å². The highest BCUT2D eigenvalue weighted by atomic mass is 79.9. The Morgan fingerprint density at radius 2 is 2.00 bits per heavy atom. The summed E-state index contributed by atoms with van der Waals surface area (Å²) in [6.07, 6.45) is 1.55. The van der Waals surface area contributed by atoms with Gasteiger partial charge in [-0.1, -0.05) is 41.4 Å². The van der Waals surface area contributed by atoms with Gasteiger partial charge in [0.15, 0.2) is 16.7 Å². The lowest BCUT2D eigenvalue weighted by atomic mass is 10.2. The number of hydrogen-bond acceptors (Lipinski definition) is 5. The average molecular weight is 580 g/mol. The third-order valence-electron chi connectivity index (χ3n) is 4.72. The van der Waals surface area contributed by atoms with Crippen molar-refractivity contribution in [3.8, 4) is 11.5 Å². The van der Waals surface area contributed by atoms with Crippen molar-refractivity contribution in [2.24, 2.45) is 0 Å². The highest BCUT2D eigenvalue weighted by molar-refractivity contribution is 9.10. The smallest absolute Gasteiger partial charge is 0.342 e. The molecule has 4 aromatic rings. The van der Waals surface area contributed by atoms with Crippen molar-refractivity contribution in [3.63, 3.8) is 0 Å². The number of carboxylic acids is 1. The SMILES string of the molecule is COc1cc(/C=C(\Sc2nc3ccccc3[nH]2)C(=O)O)cc(Br)c1OCc1ccc(Cl)cc1Cl. The van der Waals surface area contributed by atoms with E-state index in [2.05, 4.69) is 25.9 Å². The van der Waals surface area contributed by atoms with Gasteiger partial charge in [0.25, 0.3) is 0 Å². The first-order valence-corrected chi connectivity index (χ1v) is 12.2. The van der Waals surface area contributed by atoms with Crippen molar-refractivity contribution >= 4 is 74.0 Å². The summed E-state index contributed by atoms with van der Waals surface area (Å²) < 4.78 is 12.0. The van der Waals surface area contributed by atoms with Gasteiger partial charge in [-0.25, -0.2) is 9.78 Å². The number of carbonyl (C=O) groups is 1. The van der Waals surface area contributed by atoms with Gasteiger partial charge in [-0.15, -0.1) is 0 Å². The molecule has 0 aliphatic heterocycles. The minimum atomic E-state index is -1.07. The summed E-state index contributed by atoms with van der Waals surface area (Å²) in [4.78, 5) is 19.6. The molecule has 1 heterocycles. The van der Waals surface area contributed by atoms with Crippen LogP contribution in [0.15, 0.2) is 69.1 Å². The lowest BCUT2D eigenvalue weighted by Crippen LogP contribution is -2.00. The van der Waals surface area contributed by atoms with Gasteiger partial charge >= 0.3 is 5.97 Å². The maximum Gasteiger partial charge on any atom is 0.342 e. The molecule has 0 saturated heterocycles. The molecule has 174 valence electrons. The summed E-state index contributed by atoms with van der Waals surface area (Å²) in [6, 6.07) is 16.1. The van der Waals surface area contributed by atoms with Crippen LogP contribution in [0.25, 0.3) is 17.1 Å². The van der Waals surface area contributed by atoms with E-state index in [1.807, 2.05) is 24.3 Å². The molecule has 4 rings (SSSR count). The van der Waals surface area contributed by atoms with Crippen LogP contribution in [0.5, 0.6) is 11.5 Å². The van der Waals surface area contributed by atoms with E-state index in [0.29, 0.717) is 36.7 Å². The number of fused-ring (bicyclic) bond motifs is 1. The number of aromatic amines is 1. The number of carboxylic acid groups (broad SMARTS) is 1. The summed E-state index contributed by atoms with van der Waals surface area (Å²) in [7, 11) is 1.51. The minimum Gasteiger partial charge on any atom is -0.493 e. The Bertz CT molecular complexity index is 1370. The van der Waals surface area contributed by atoms with Gasteiger partial charge in [-0.3, -0.25) is 0 Å². The number of benzene rings is 3. The number of rotatable bonds is 8. The highest BCUT2D eigenvalue weighted by Gasteiger charge is 2.16. The Hall–Kier alpha value is -2.65. The van der Waals surface area contributed by atoms with Gasteiger partial charge in [0.2, 0.25) is 0 Å². The van der Waals surface area contributed by atoms with Crippen molar-refractivity contribution in [1.29, 1.82) is 0 Å². The van der Waals surface area contributed by atoms with Gasteiger partial charge < -0.3 is 19.6 Å². The van der Waals surface area contributed by atoms with E-state index in [9.17, 15) is 9.90 Å². The fourth-order valence-corrected chi connectivity index (χ4v) is 4.95. The first kappa shape index (κ1) is 24.5. The number of nitrogens with zero attached hydrogens (tertiary/aromatic N) is 1. The fourth-order valence-electron chi connectivity index (χ4n) is 3.12. The number of aliphatic carboxylic acids is 1. The molecule has 10 heteroatoms. The molecule has 6 nitrogen and oxygen atoms in total. The van der Waals surface area contributed by atoms with E-state index >= 15 is 0 Å². The van der Waals surface area contributed by atoms with Crippen LogP contribution in [0.2, 0.25) is 10.0 Å². The summed E-state index contributed by atoms with van der Waals surface area (Å²) in [5.74, 6) is -0.171. The van der Waals surface area contributed by atoms with Crippen LogP contribution in [-0.4, -0.2) is 28.2 Å². The third-order valence-corrected chi connectivity index (χ3v) is 6.80. The summed E-state index contributed by atoms with van der Waals surface area (Å²) >= 11 is 16.7. The minimum absolute atomic E-state index is 0.0922. The second-order valence-electron chi connectivity index (χ2n) is 7.03. The quantitative estimate of drug-likeness (QED) is 0.167. The molecule has 1 aromatic heterocycles. The van der Waals surface area contributed by atoms with E-state index in [0.717, 1.165) is 28.4 Å². The first-order chi connectivity index (χ1) is 16.3. The third kappa shape index (κ3) is 5.70. The maximum atomic E-state index is 11.9. The van der Waals surface area contributed by atoms with Crippen LogP contribution < -0.4 is 9.47 Å². The molecule has 34 heavy (non-hydrogen) atoms. The second kappa shape index (κ2) is 10.7. The highest BCUT2D eigenvalue weighted by Crippen LogP contribution is 2.39. The second-order valence-corrected chi connectivity index (χ2v) is 9.76. The summed E-state index contributed by atoms with van der Waals surface area (Å²) in [5.41, 5.74) is 2.98. The molecule has 0 radical (unpaired) electrons. The molecule has 0 saturated carbocycles. The predicted octanol–water partition coefficient (Wildman–Crippen LogP) is 7.44. The van der Waals surface area contributed by atoms with E-state index in [-0.39, 0.29) is 11.5 Å². The predicted molar refractivity (Wildman–Crippen MR) is 139 cm³/mol. The van der Waals surface area contributed by atoms with Gasteiger partial charge in [0.1, 0.15) is 11.5 Å². The van der Waals surface area contributed by atoms with Gasteiger partial charge in [0, 0.05) is 15.6 Å². The van der Waals surface area contributed by atoms with Crippen LogP contribution in [0, 0.1) is 0 Å². The molecule has 2 N–H and O–H groups in total. The Balaban J connectivity index is 1.59. The number of H-pyrrole nitrogens is 1. The number of aromatic nitrogens is 2. The lowest BCUT2D eigenvalue weighted by Gasteiger charge is -2.14. The zero-order valence-corrected chi connectivity index (χ0v) is 21.6. The summed E-state index contributed by atoms with van der Waals surface area (Å²) in [6.45, 7) is 0.197. The van der Waals surface area contributed by atoms with Crippen molar-refractivity contribution in [3.05, 3.63) is 85.1 Å². The molecule has 0 fully saturated rings. The number of hydrogen-bond donors (Lipinski definition) is 2. The molecule has 0 aliphatic carbocycles. The molecule has 0 aliphatic rings. The van der Waals surface area contributed by atoms with Crippen molar-refractivity contribution in [1.82, 2.24) is 9.97 Å². The molecule has 0 bridgehead atoms. The molecule has 0 amide bonds. The van der Waals surface area contributed by atoms with E-state index in [1.165, 1.54) is 7.11 Å². The van der Waals surface area contributed by atoms with Crippen LogP contribution in [-0.2, 0) is 11.4 Å². The Morgan fingerprint density at radius 1 is 1.21 bits per heavy atom. The average Bonchev–Trinajstić information content (AvgIpc) is 3.21. The van der Waals surface area contributed by atoms with Gasteiger partial charge in [-0.2, -0.15) is 0 Å². The van der Waals surface area contributed by atoms with Crippen molar-refractivity contribution < 1.29 is 19.4 Å². The molecule has 0 unspecified atom stereocenters. The molecule has 3 aromatic carbocycles. The van der Waals surface area contributed by atoms with Gasteiger partial charge in [-0.05, 0) is 75.7 Å². The number of methoxy groups -OCH3 is 1. The Kier molecular flexibility index (Phi) is 7.73. The van der Waals surface area contributed by atoms with Crippen molar-refractivity contribution in [2.75, 3.05) is 7.11 Å². The molecule has 0 atom stereocenters. The van der Waals surface area contributed by atoms with Gasteiger partial charge in [0.05, 0.1) is 22.6 Å². The normalized spacial score (nSPS) is 11.6. The number of thioether (sulfide) groups is 1. The van der Waals surface area contributed by atoms with Crippen LogP contribution in [0.3, 0.4) is 0 Å². The lowest BCUT2D eigenvalue weighted by molar-refractivity contribution is -0.131. The topological polar surface area (TPSA) is 84.4 Å². The number of ether oxygens (including phenoxy) is 2. The van der Waals surface area contributed by atoms with Crippen LogP contribution in [0.1, 0.15) is 11.1 Å².